The van der Waals surface area contributed by atoms with Crippen molar-refractivity contribution in [1.82, 2.24) is 0 Å². The molecule has 27 heavy (non-hydrogen) atoms. The molecule has 0 aromatic heterocycles. The third kappa shape index (κ3) is 9.04. The highest BCUT2D eigenvalue weighted by Crippen LogP contribution is 2.38. The maximum atomic E-state index is 11.7. The molecule has 1 N–H and O–H groups in total. The zero-order valence-corrected chi connectivity index (χ0v) is 19.0. The van der Waals surface area contributed by atoms with Gasteiger partial charge in [-0.2, -0.15) is 0 Å². The first kappa shape index (κ1) is 23.9. The summed E-state index contributed by atoms with van der Waals surface area (Å²) < 4.78 is 11.5. The van der Waals surface area contributed by atoms with Gasteiger partial charge >= 0.3 is 5.97 Å². The fourth-order valence-corrected chi connectivity index (χ4v) is 4.20. The molecule has 154 valence electrons. The van der Waals surface area contributed by atoms with Gasteiger partial charge in [-0.25, -0.2) is 0 Å². The molecular weight excluding hydrogens is 356 g/mol. The van der Waals surface area contributed by atoms with E-state index in [0.717, 1.165) is 19.3 Å². The number of rotatable bonds is 11. The molecule has 0 spiro atoms. The molecule has 0 aliphatic heterocycles. The topological polar surface area (TPSA) is 55.8 Å². The predicted molar refractivity (Wildman–Crippen MR) is 113 cm³/mol. The molecule has 0 unspecified atom stereocenters. The Hall–Kier alpha value is -1.17. The average Bonchev–Trinajstić information content (AvgIpc) is 2.54. The summed E-state index contributed by atoms with van der Waals surface area (Å²) in [6.07, 6.45) is 2.60. The quantitative estimate of drug-likeness (QED) is 0.419. The minimum atomic E-state index is -1.95. The zero-order valence-electron chi connectivity index (χ0n) is 18.0. The summed E-state index contributed by atoms with van der Waals surface area (Å²) >= 11 is 0. The predicted octanol–water partition coefficient (Wildman–Crippen LogP) is 5.10. The molecular formula is C22H38O4Si. The SMILES string of the molecule is CCOC(=O)C[C@H](O)C[C@@H](CCCc1ccccc1)O[Si](C)(C)C(C)(C)C. The Morgan fingerprint density at radius 3 is 2.37 bits per heavy atom. The summed E-state index contributed by atoms with van der Waals surface area (Å²) in [5, 5.41) is 10.5. The summed E-state index contributed by atoms with van der Waals surface area (Å²) in [5.41, 5.74) is 1.32. The third-order valence-corrected chi connectivity index (χ3v) is 9.88. The fourth-order valence-electron chi connectivity index (χ4n) is 2.80. The molecule has 1 aromatic rings. The van der Waals surface area contributed by atoms with Crippen LogP contribution in [-0.4, -0.2) is 38.2 Å². The molecule has 0 fully saturated rings. The Bertz CT molecular complexity index is 551. The molecule has 1 aromatic carbocycles. The van der Waals surface area contributed by atoms with Gasteiger partial charge in [0.2, 0.25) is 0 Å². The van der Waals surface area contributed by atoms with Crippen LogP contribution in [-0.2, 0) is 20.4 Å². The van der Waals surface area contributed by atoms with Gasteiger partial charge in [-0.3, -0.25) is 4.79 Å². The molecule has 0 amide bonds. The number of benzene rings is 1. The number of carbonyl (C=O) groups excluding carboxylic acids is 1. The molecule has 5 heteroatoms. The van der Waals surface area contributed by atoms with E-state index in [2.05, 4.69) is 58.1 Å². The molecule has 1 rings (SSSR count). The van der Waals surface area contributed by atoms with Crippen molar-refractivity contribution in [3.63, 3.8) is 0 Å². The largest absolute Gasteiger partial charge is 0.466 e. The van der Waals surface area contributed by atoms with Gasteiger partial charge in [-0.1, -0.05) is 51.1 Å². The smallest absolute Gasteiger partial charge is 0.308 e. The van der Waals surface area contributed by atoms with Crippen LogP contribution in [0.1, 0.15) is 58.9 Å². The normalized spacial score (nSPS) is 14.6. The van der Waals surface area contributed by atoms with Crippen LogP contribution in [0.4, 0.5) is 0 Å². The molecule has 0 bridgehead atoms. The fraction of sp³-hybridized carbons (Fsp3) is 0.682. The van der Waals surface area contributed by atoms with Crippen LogP contribution in [0.25, 0.3) is 0 Å². The maximum Gasteiger partial charge on any atom is 0.308 e. The first-order valence-electron chi connectivity index (χ1n) is 10.1. The summed E-state index contributed by atoms with van der Waals surface area (Å²) in [5.74, 6) is -0.347. The first-order chi connectivity index (χ1) is 12.5. The van der Waals surface area contributed by atoms with Crippen molar-refractivity contribution >= 4 is 14.3 Å². The van der Waals surface area contributed by atoms with E-state index in [0.29, 0.717) is 13.0 Å². The van der Waals surface area contributed by atoms with E-state index < -0.39 is 14.4 Å². The number of esters is 1. The molecule has 0 aliphatic carbocycles. The molecule has 4 nitrogen and oxygen atoms in total. The van der Waals surface area contributed by atoms with Gasteiger partial charge in [0.05, 0.1) is 19.1 Å². The van der Waals surface area contributed by atoms with Gasteiger partial charge in [-0.15, -0.1) is 0 Å². The third-order valence-electron chi connectivity index (χ3n) is 5.34. The second-order valence-corrected chi connectivity index (χ2v) is 13.5. The lowest BCUT2D eigenvalue weighted by molar-refractivity contribution is -0.145. The highest BCUT2D eigenvalue weighted by molar-refractivity contribution is 6.74. The zero-order chi connectivity index (χ0) is 20.5. The number of carbonyl (C=O) groups is 1. The number of ether oxygens (including phenoxy) is 1. The van der Waals surface area contributed by atoms with E-state index in [-0.39, 0.29) is 23.5 Å². The van der Waals surface area contributed by atoms with Crippen LogP contribution in [0.15, 0.2) is 30.3 Å². The van der Waals surface area contributed by atoms with Gasteiger partial charge in [0, 0.05) is 6.10 Å². The molecule has 0 radical (unpaired) electrons. The minimum absolute atomic E-state index is 0.0316. The number of hydrogen-bond acceptors (Lipinski definition) is 4. The van der Waals surface area contributed by atoms with E-state index in [1.807, 2.05) is 6.07 Å². The monoisotopic (exact) mass is 394 g/mol. The van der Waals surface area contributed by atoms with Gasteiger partial charge in [0.1, 0.15) is 0 Å². The average molecular weight is 395 g/mol. The molecule has 2 atom stereocenters. The number of aryl methyl sites for hydroxylation is 1. The van der Waals surface area contributed by atoms with Crippen LogP contribution in [0.3, 0.4) is 0 Å². The van der Waals surface area contributed by atoms with Crippen LogP contribution < -0.4 is 0 Å². The lowest BCUT2D eigenvalue weighted by Crippen LogP contribution is -2.44. The molecule has 0 saturated heterocycles. The van der Waals surface area contributed by atoms with E-state index >= 15 is 0 Å². The van der Waals surface area contributed by atoms with E-state index in [4.69, 9.17) is 9.16 Å². The Labute approximate surface area is 166 Å². The summed E-state index contributed by atoms with van der Waals surface area (Å²) in [7, 11) is -1.95. The van der Waals surface area contributed by atoms with Crippen molar-refractivity contribution < 1.29 is 19.1 Å². The van der Waals surface area contributed by atoms with Crippen LogP contribution >= 0.6 is 0 Å². The van der Waals surface area contributed by atoms with Crippen LogP contribution in [0.2, 0.25) is 18.1 Å². The van der Waals surface area contributed by atoms with E-state index in [1.54, 1.807) is 6.92 Å². The Morgan fingerprint density at radius 2 is 1.81 bits per heavy atom. The minimum Gasteiger partial charge on any atom is -0.466 e. The Balaban J connectivity index is 2.68. The molecule has 0 heterocycles. The van der Waals surface area contributed by atoms with Crippen molar-refractivity contribution in [2.24, 2.45) is 0 Å². The lowest BCUT2D eigenvalue weighted by atomic mass is 10.0. The van der Waals surface area contributed by atoms with Crippen molar-refractivity contribution in [2.45, 2.75) is 90.1 Å². The second kappa shape index (κ2) is 11.0. The Kier molecular flexibility index (Phi) is 9.71. The summed E-state index contributed by atoms with van der Waals surface area (Å²) in [6.45, 7) is 13.2. The van der Waals surface area contributed by atoms with Crippen molar-refractivity contribution in [2.75, 3.05) is 6.61 Å². The molecule has 0 aliphatic rings. The van der Waals surface area contributed by atoms with Crippen molar-refractivity contribution in [3.8, 4) is 0 Å². The number of hydrogen-bond donors (Lipinski definition) is 1. The first-order valence-corrected chi connectivity index (χ1v) is 13.0. The highest BCUT2D eigenvalue weighted by atomic mass is 28.4. The second-order valence-electron chi connectivity index (χ2n) is 8.78. The number of aliphatic hydroxyl groups excluding tert-OH is 1. The van der Waals surface area contributed by atoms with Gasteiger partial charge in [0.25, 0.3) is 0 Å². The summed E-state index contributed by atoms with van der Waals surface area (Å²) in [4.78, 5) is 11.7. The maximum absolute atomic E-state index is 11.7. The number of aliphatic hydroxyl groups is 1. The van der Waals surface area contributed by atoms with E-state index in [1.165, 1.54) is 5.56 Å². The lowest BCUT2D eigenvalue weighted by Gasteiger charge is -2.40. The Morgan fingerprint density at radius 1 is 1.19 bits per heavy atom. The summed E-state index contributed by atoms with van der Waals surface area (Å²) in [6, 6.07) is 10.4. The van der Waals surface area contributed by atoms with Crippen LogP contribution in [0.5, 0.6) is 0 Å². The van der Waals surface area contributed by atoms with Crippen molar-refractivity contribution in [1.29, 1.82) is 0 Å². The van der Waals surface area contributed by atoms with Gasteiger partial charge in [0.15, 0.2) is 8.32 Å². The van der Waals surface area contributed by atoms with E-state index in [9.17, 15) is 9.90 Å². The van der Waals surface area contributed by atoms with Crippen LogP contribution in [0, 0.1) is 0 Å². The van der Waals surface area contributed by atoms with Crippen molar-refractivity contribution in [3.05, 3.63) is 35.9 Å². The standard InChI is InChI=1S/C22H38O4Si/c1-7-25-21(24)17-19(23)16-20(26-27(5,6)22(2,3)4)15-11-14-18-12-9-8-10-13-18/h8-10,12-13,19-20,23H,7,11,14-17H2,1-6H3/t19-,20-/m1/s1. The highest BCUT2D eigenvalue weighted by Gasteiger charge is 2.39. The molecule has 0 saturated carbocycles. The van der Waals surface area contributed by atoms with Gasteiger partial charge in [-0.05, 0) is 56.3 Å². The van der Waals surface area contributed by atoms with Gasteiger partial charge < -0.3 is 14.3 Å².